The van der Waals surface area contributed by atoms with Crippen LogP contribution < -0.4 is 5.32 Å². The number of likely N-dealkylation sites (tertiary alicyclic amines) is 1. The second-order valence-corrected chi connectivity index (χ2v) is 5.38. The summed E-state index contributed by atoms with van der Waals surface area (Å²) in [5.41, 5.74) is 1.94. The zero-order chi connectivity index (χ0) is 13.7. The van der Waals surface area contributed by atoms with Crippen molar-refractivity contribution in [2.45, 2.75) is 52.1 Å². The van der Waals surface area contributed by atoms with Gasteiger partial charge >= 0.3 is 0 Å². The fourth-order valence-corrected chi connectivity index (χ4v) is 2.54. The molecule has 19 heavy (non-hydrogen) atoms. The minimum Gasteiger partial charge on any atom is -0.350 e. The van der Waals surface area contributed by atoms with Crippen molar-refractivity contribution >= 4 is 5.91 Å². The van der Waals surface area contributed by atoms with E-state index in [1.165, 1.54) is 25.9 Å². The van der Waals surface area contributed by atoms with E-state index >= 15 is 0 Å². The standard InChI is InChI=1S/C14H24N4O/c1-11(18-7-3-4-8-18)5-6-14(19)15-9-13-12(2)16-10-17-13/h10-11H,3-9H2,1-2H3,(H,15,19)(H,16,17)/t11-/m1/s1. The van der Waals surface area contributed by atoms with Gasteiger partial charge in [-0.1, -0.05) is 0 Å². The molecule has 0 aliphatic carbocycles. The van der Waals surface area contributed by atoms with Gasteiger partial charge in [0.2, 0.25) is 5.91 Å². The van der Waals surface area contributed by atoms with E-state index in [0.717, 1.165) is 17.8 Å². The molecule has 0 spiro atoms. The summed E-state index contributed by atoms with van der Waals surface area (Å²) < 4.78 is 0. The van der Waals surface area contributed by atoms with E-state index in [4.69, 9.17) is 0 Å². The van der Waals surface area contributed by atoms with Crippen LogP contribution in [0.15, 0.2) is 6.33 Å². The normalized spacial score (nSPS) is 17.6. The largest absolute Gasteiger partial charge is 0.350 e. The maximum Gasteiger partial charge on any atom is 0.220 e. The summed E-state index contributed by atoms with van der Waals surface area (Å²) >= 11 is 0. The molecule has 1 amide bonds. The molecule has 106 valence electrons. The van der Waals surface area contributed by atoms with Crippen molar-refractivity contribution < 1.29 is 4.79 Å². The first-order valence-electron chi connectivity index (χ1n) is 7.16. The van der Waals surface area contributed by atoms with E-state index in [9.17, 15) is 4.79 Å². The molecule has 1 aliphatic heterocycles. The van der Waals surface area contributed by atoms with Crippen LogP contribution in [0.1, 0.15) is 44.0 Å². The highest BCUT2D eigenvalue weighted by molar-refractivity contribution is 5.75. The van der Waals surface area contributed by atoms with Crippen molar-refractivity contribution in [3.63, 3.8) is 0 Å². The van der Waals surface area contributed by atoms with Gasteiger partial charge in [-0.05, 0) is 46.2 Å². The number of amides is 1. The number of aromatic amines is 1. The second kappa shape index (κ2) is 6.70. The molecule has 1 fully saturated rings. The first-order chi connectivity index (χ1) is 9.16. The van der Waals surface area contributed by atoms with Crippen LogP contribution in [0, 0.1) is 6.92 Å². The molecule has 1 atom stereocenters. The lowest BCUT2D eigenvalue weighted by atomic mass is 10.1. The smallest absolute Gasteiger partial charge is 0.220 e. The number of hydrogen-bond donors (Lipinski definition) is 2. The molecule has 1 aromatic heterocycles. The van der Waals surface area contributed by atoms with E-state index in [2.05, 4.69) is 27.1 Å². The number of nitrogens with one attached hydrogen (secondary N) is 2. The van der Waals surface area contributed by atoms with Crippen molar-refractivity contribution in [3.8, 4) is 0 Å². The lowest BCUT2D eigenvalue weighted by Crippen LogP contribution is -2.32. The highest BCUT2D eigenvalue weighted by atomic mass is 16.1. The molecule has 0 bridgehead atoms. The van der Waals surface area contributed by atoms with Gasteiger partial charge in [-0.3, -0.25) is 4.79 Å². The van der Waals surface area contributed by atoms with Crippen molar-refractivity contribution in [1.29, 1.82) is 0 Å². The average molecular weight is 264 g/mol. The van der Waals surface area contributed by atoms with Crippen LogP contribution in [-0.2, 0) is 11.3 Å². The fraction of sp³-hybridized carbons (Fsp3) is 0.714. The first-order valence-corrected chi connectivity index (χ1v) is 7.16. The second-order valence-electron chi connectivity index (χ2n) is 5.38. The predicted molar refractivity (Wildman–Crippen MR) is 74.7 cm³/mol. The number of carbonyl (C=O) groups is 1. The molecule has 1 saturated heterocycles. The highest BCUT2D eigenvalue weighted by Gasteiger charge is 2.18. The quantitative estimate of drug-likeness (QED) is 0.820. The monoisotopic (exact) mass is 264 g/mol. The number of rotatable bonds is 6. The molecule has 2 rings (SSSR count). The molecule has 1 aliphatic rings. The van der Waals surface area contributed by atoms with Crippen LogP contribution in [0.25, 0.3) is 0 Å². The number of carbonyl (C=O) groups excluding carboxylic acids is 1. The molecule has 5 heteroatoms. The summed E-state index contributed by atoms with van der Waals surface area (Å²) in [5.74, 6) is 0.119. The molecular weight excluding hydrogens is 240 g/mol. The third-order valence-electron chi connectivity index (χ3n) is 3.94. The van der Waals surface area contributed by atoms with Crippen LogP contribution in [0.5, 0.6) is 0 Å². The Bertz CT molecular complexity index is 409. The molecular formula is C14H24N4O. The van der Waals surface area contributed by atoms with Crippen LogP contribution >= 0.6 is 0 Å². The lowest BCUT2D eigenvalue weighted by molar-refractivity contribution is -0.121. The SMILES string of the molecule is Cc1[nH]cnc1CNC(=O)CC[C@@H](C)N1CCCC1. The van der Waals surface area contributed by atoms with Gasteiger partial charge in [-0.25, -0.2) is 4.98 Å². The molecule has 2 heterocycles. The summed E-state index contributed by atoms with van der Waals surface area (Å²) in [6, 6.07) is 0.514. The number of H-pyrrole nitrogens is 1. The topological polar surface area (TPSA) is 61.0 Å². The minimum atomic E-state index is 0.119. The fourth-order valence-electron chi connectivity index (χ4n) is 2.54. The Morgan fingerprint density at radius 3 is 2.89 bits per heavy atom. The lowest BCUT2D eigenvalue weighted by Gasteiger charge is -2.23. The van der Waals surface area contributed by atoms with E-state index in [1.807, 2.05) is 6.92 Å². The Kier molecular flexibility index (Phi) is 4.96. The van der Waals surface area contributed by atoms with Gasteiger partial charge in [-0.2, -0.15) is 0 Å². The van der Waals surface area contributed by atoms with E-state index in [0.29, 0.717) is 19.0 Å². The van der Waals surface area contributed by atoms with Gasteiger partial charge < -0.3 is 15.2 Å². The number of nitrogens with zero attached hydrogens (tertiary/aromatic N) is 2. The minimum absolute atomic E-state index is 0.119. The number of imidazole rings is 1. The van der Waals surface area contributed by atoms with Crippen LogP contribution in [0.4, 0.5) is 0 Å². The summed E-state index contributed by atoms with van der Waals surface area (Å²) in [6.07, 6.45) is 5.79. The molecule has 1 aromatic rings. The zero-order valence-corrected chi connectivity index (χ0v) is 11.9. The van der Waals surface area contributed by atoms with Gasteiger partial charge in [-0.15, -0.1) is 0 Å². The van der Waals surface area contributed by atoms with E-state index in [-0.39, 0.29) is 5.91 Å². The van der Waals surface area contributed by atoms with Crippen LogP contribution in [0.2, 0.25) is 0 Å². The van der Waals surface area contributed by atoms with Crippen molar-refractivity contribution in [2.24, 2.45) is 0 Å². The van der Waals surface area contributed by atoms with Gasteiger partial charge in [0.1, 0.15) is 0 Å². The molecule has 0 radical (unpaired) electrons. The third-order valence-corrected chi connectivity index (χ3v) is 3.94. The Morgan fingerprint density at radius 2 is 2.26 bits per heavy atom. The summed E-state index contributed by atoms with van der Waals surface area (Å²) in [4.78, 5) is 21.5. The molecule has 5 nitrogen and oxygen atoms in total. The van der Waals surface area contributed by atoms with Gasteiger partial charge in [0, 0.05) is 18.2 Å². The van der Waals surface area contributed by atoms with Crippen LogP contribution in [0.3, 0.4) is 0 Å². The first kappa shape index (κ1) is 14.1. The Labute approximate surface area is 114 Å². The maximum absolute atomic E-state index is 11.8. The van der Waals surface area contributed by atoms with Crippen molar-refractivity contribution in [3.05, 3.63) is 17.7 Å². The number of hydrogen-bond acceptors (Lipinski definition) is 3. The van der Waals surface area contributed by atoms with E-state index in [1.54, 1.807) is 6.33 Å². The maximum atomic E-state index is 11.8. The number of aryl methyl sites for hydroxylation is 1. The molecule has 0 saturated carbocycles. The van der Waals surface area contributed by atoms with Crippen LogP contribution in [-0.4, -0.2) is 39.9 Å². The highest BCUT2D eigenvalue weighted by Crippen LogP contribution is 2.14. The van der Waals surface area contributed by atoms with Gasteiger partial charge in [0.15, 0.2) is 0 Å². The Morgan fingerprint density at radius 1 is 1.53 bits per heavy atom. The summed E-state index contributed by atoms with van der Waals surface area (Å²) in [6.45, 7) is 7.08. The average Bonchev–Trinajstić information content (AvgIpc) is 3.05. The summed E-state index contributed by atoms with van der Waals surface area (Å²) in [5, 5.41) is 2.93. The Hall–Kier alpha value is -1.36. The summed E-state index contributed by atoms with van der Waals surface area (Å²) in [7, 11) is 0. The van der Waals surface area contributed by atoms with Crippen molar-refractivity contribution in [1.82, 2.24) is 20.2 Å². The number of aromatic nitrogens is 2. The van der Waals surface area contributed by atoms with Gasteiger partial charge in [0.25, 0.3) is 0 Å². The molecule has 0 aromatic carbocycles. The Balaban J connectivity index is 1.65. The molecule has 2 N–H and O–H groups in total. The third kappa shape index (κ3) is 4.06. The van der Waals surface area contributed by atoms with Crippen molar-refractivity contribution in [2.75, 3.05) is 13.1 Å². The predicted octanol–water partition coefficient (Wildman–Crippen LogP) is 1.60. The molecule has 0 unspecified atom stereocenters. The van der Waals surface area contributed by atoms with Gasteiger partial charge in [0.05, 0.1) is 18.6 Å². The zero-order valence-electron chi connectivity index (χ0n) is 11.9. The van der Waals surface area contributed by atoms with E-state index < -0.39 is 0 Å².